The number of carbonyl (C=O) groups excluding carboxylic acids is 1. The van der Waals surface area contributed by atoms with Gasteiger partial charge in [-0.25, -0.2) is 0 Å². The Hall–Kier alpha value is -1.65. The van der Waals surface area contributed by atoms with Crippen LogP contribution in [0.4, 0.5) is 0 Å². The van der Waals surface area contributed by atoms with E-state index in [1.165, 1.54) is 6.92 Å². The van der Waals surface area contributed by atoms with Crippen LogP contribution in [0.25, 0.3) is 0 Å². The quantitative estimate of drug-likeness (QED) is 0.0505. The van der Waals surface area contributed by atoms with Crippen molar-refractivity contribution in [3.8, 4) is 0 Å². The van der Waals surface area contributed by atoms with Crippen LogP contribution in [0.15, 0.2) is 0 Å². The maximum atomic E-state index is 12.7. The standard InChI is InChI=1S/C58H95NO29/c1-21-36-30(88-58(21)35(79-22(2)64)11-23(14-59-58)19-77-51-45(74)41(70)38(67)31(15-60)81-51)13-28-26-6-5-24-12-25(7-9-56(24,3)27(26)8-10-57(28,36)4)80-53-47(76)43(72)48(34(18-63)84-53)85-55-50(87-54-46(75)42(71)39(68)32(16-61)82-54)49(40(69)33(17-62)83-55)86-52-44(73)37(66)29(65)20-78-52/h21,23-55,59-63,65-76H,5-20H2,1-4H3/t21-,23?,24-,25-,26+,27?,28?,29+,30-,31+,32+,33+,34+,35?,36-,37-,38+,39+,40+,41-,42-,43+,44+,45+,46+,47+,48-,49-,50+,51+,52-,53+,54-,55-,56-,57-,58?/m0/s1. The summed E-state index contributed by atoms with van der Waals surface area (Å²) in [5, 5.41) is 175. The highest BCUT2D eigenvalue weighted by Gasteiger charge is 2.71. The molecule has 0 amide bonds. The van der Waals surface area contributed by atoms with E-state index in [0.29, 0.717) is 43.6 Å². The molecule has 11 rings (SSSR count). The van der Waals surface area contributed by atoms with Crippen LogP contribution < -0.4 is 5.32 Å². The molecule has 7 aliphatic heterocycles. The summed E-state index contributed by atoms with van der Waals surface area (Å²) in [4.78, 5) is 12.7. The van der Waals surface area contributed by atoms with Gasteiger partial charge in [0.15, 0.2) is 37.2 Å². The van der Waals surface area contributed by atoms with E-state index in [9.17, 15) is 86.5 Å². The van der Waals surface area contributed by atoms with Crippen LogP contribution in [-0.2, 0) is 61.6 Å². The third kappa shape index (κ3) is 12.1. The Labute approximate surface area is 508 Å². The summed E-state index contributed by atoms with van der Waals surface area (Å²) in [5.74, 6) is 0.879. The van der Waals surface area contributed by atoms with Crippen LogP contribution in [0.2, 0.25) is 0 Å². The first kappa shape index (κ1) is 67.8. The second kappa shape index (κ2) is 26.9. The zero-order valence-corrected chi connectivity index (χ0v) is 49.9. The Balaban J connectivity index is 0.728. The molecule has 30 heteroatoms. The number of aliphatic hydroxyl groups is 16. The van der Waals surface area contributed by atoms with Gasteiger partial charge in [-0.1, -0.05) is 20.8 Å². The summed E-state index contributed by atoms with van der Waals surface area (Å²) < 4.78 is 72.8. The van der Waals surface area contributed by atoms with Gasteiger partial charge >= 0.3 is 5.97 Å². The first-order valence-electron chi connectivity index (χ1n) is 31.5. The van der Waals surface area contributed by atoms with Crippen LogP contribution in [0, 0.1) is 52.3 Å². The Morgan fingerprint density at radius 3 is 1.78 bits per heavy atom. The molecule has 4 aliphatic carbocycles. The Kier molecular flexibility index (Phi) is 20.7. The molecule has 17 N–H and O–H groups in total. The summed E-state index contributed by atoms with van der Waals surface area (Å²) in [5.41, 5.74) is -1.09. The lowest BCUT2D eigenvalue weighted by Crippen LogP contribution is -2.68. The van der Waals surface area contributed by atoms with Gasteiger partial charge in [-0.15, -0.1) is 0 Å². The number of piperidine rings is 1. The molecule has 506 valence electrons. The predicted molar refractivity (Wildman–Crippen MR) is 289 cm³/mol. The largest absolute Gasteiger partial charge is 0.458 e. The van der Waals surface area contributed by atoms with E-state index >= 15 is 0 Å². The number of hydrogen-bond donors (Lipinski definition) is 17. The highest BCUT2D eigenvalue weighted by atomic mass is 16.8. The average Bonchev–Trinajstić information content (AvgIpc) is 1.50. The van der Waals surface area contributed by atoms with Gasteiger partial charge < -0.3 is 139 Å². The first-order valence-corrected chi connectivity index (χ1v) is 31.5. The van der Waals surface area contributed by atoms with Gasteiger partial charge in [0.25, 0.3) is 0 Å². The second-order valence-electron chi connectivity index (χ2n) is 27.5. The predicted octanol–water partition coefficient (Wildman–Crippen LogP) is -6.36. The summed E-state index contributed by atoms with van der Waals surface area (Å²) in [6.07, 6.45) is -34.8. The van der Waals surface area contributed by atoms with Crippen LogP contribution in [0.1, 0.15) is 85.5 Å². The minimum Gasteiger partial charge on any atom is -0.458 e. The van der Waals surface area contributed by atoms with Crippen molar-refractivity contribution in [2.45, 2.75) is 257 Å². The van der Waals surface area contributed by atoms with E-state index < -0.39 is 204 Å². The molecule has 5 unspecified atom stereocenters. The van der Waals surface area contributed by atoms with E-state index in [1.807, 2.05) is 0 Å². The lowest BCUT2D eigenvalue weighted by Gasteiger charge is -2.61. The van der Waals surface area contributed by atoms with Gasteiger partial charge in [-0.05, 0) is 104 Å². The monoisotopic (exact) mass is 1270 g/mol. The van der Waals surface area contributed by atoms with Gasteiger partial charge in [-0.2, -0.15) is 0 Å². The zero-order valence-electron chi connectivity index (χ0n) is 49.9. The molecule has 0 aromatic carbocycles. The highest BCUT2D eigenvalue weighted by molar-refractivity contribution is 5.66. The fraction of sp³-hybridized carbons (Fsp3) is 0.983. The maximum absolute atomic E-state index is 12.7. The molecule has 0 bridgehead atoms. The Morgan fingerprint density at radius 1 is 0.545 bits per heavy atom. The number of hydrogen-bond acceptors (Lipinski definition) is 30. The molecule has 88 heavy (non-hydrogen) atoms. The van der Waals surface area contributed by atoms with Gasteiger partial charge in [0.2, 0.25) is 0 Å². The number of fused-ring (bicyclic) bond motifs is 7. The van der Waals surface area contributed by atoms with E-state index in [4.69, 9.17) is 56.8 Å². The third-order valence-electron chi connectivity index (χ3n) is 22.7. The molecule has 4 saturated carbocycles. The molecular formula is C58H95NO29. The van der Waals surface area contributed by atoms with Gasteiger partial charge in [-0.3, -0.25) is 10.1 Å². The molecule has 37 atom stereocenters. The molecule has 11 fully saturated rings. The molecular weight excluding hydrogens is 1170 g/mol. The second-order valence-corrected chi connectivity index (χ2v) is 27.5. The topological polar surface area (TPSA) is 464 Å². The average molecular weight is 1270 g/mol. The van der Waals surface area contributed by atoms with Crippen LogP contribution in [-0.4, -0.2) is 305 Å². The SMILES string of the molecule is CC(=O)OC1CC(CO[C@@H]2O[C@H](CO)[C@@H](O)[C@H](O)[C@H]2O)CNC12O[C@H]1CC3[C@@H]4CC[C@H]5C[C@@H](O[C@@H]6O[C@H](CO)[C@H](O[C@@H]7O[C@H](CO)[C@@H](O)[C@H](O[C@@H]8OC[C@@H](O)[C@H](O)[C@H]8O)[C@H]7O[C@@H]7O[C@H](CO)[C@@H](O)[C@H](O)[C@H]7O)[C@H](O)[C@H]6O)CC[C@]5(C)C4CC[C@]3(C)[C@H]1[C@@H]2C. The van der Waals surface area contributed by atoms with E-state index in [1.54, 1.807) is 0 Å². The van der Waals surface area contributed by atoms with Crippen LogP contribution in [0.5, 0.6) is 0 Å². The molecule has 30 nitrogen and oxygen atoms in total. The first-order chi connectivity index (χ1) is 41.8. The summed E-state index contributed by atoms with van der Waals surface area (Å²) in [7, 11) is 0. The van der Waals surface area contributed by atoms with Crippen molar-refractivity contribution in [3.63, 3.8) is 0 Å². The van der Waals surface area contributed by atoms with Crippen molar-refractivity contribution < 1.29 is 143 Å². The van der Waals surface area contributed by atoms with Crippen molar-refractivity contribution in [1.29, 1.82) is 0 Å². The molecule has 0 radical (unpaired) electrons. The molecule has 1 spiro atoms. The number of rotatable bonds is 16. The third-order valence-corrected chi connectivity index (χ3v) is 22.7. The van der Waals surface area contributed by atoms with Crippen molar-refractivity contribution in [2.24, 2.45) is 52.3 Å². The smallest absolute Gasteiger partial charge is 0.303 e. The molecule has 0 aromatic rings. The maximum Gasteiger partial charge on any atom is 0.303 e. The van der Waals surface area contributed by atoms with Gasteiger partial charge in [0.05, 0.1) is 51.8 Å². The number of aliphatic hydroxyl groups excluding tert-OH is 16. The van der Waals surface area contributed by atoms with Crippen molar-refractivity contribution >= 4 is 5.97 Å². The molecule has 7 heterocycles. The van der Waals surface area contributed by atoms with Crippen LogP contribution >= 0.6 is 0 Å². The lowest BCUT2D eigenvalue weighted by atomic mass is 9.44. The lowest BCUT2D eigenvalue weighted by molar-refractivity contribution is -0.404. The van der Waals surface area contributed by atoms with Gasteiger partial charge in [0.1, 0.15) is 122 Å². The number of esters is 1. The normalized spacial score (nSPS) is 55.5. The number of ether oxygens (including phenoxy) is 12. The number of carbonyl (C=O) groups is 1. The summed E-state index contributed by atoms with van der Waals surface area (Å²) in [6, 6.07) is 0. The van der Waals surface area contributed by atoms with Gasteiger partial charge in [0, 0.05) is 19.4 Å². The molecule has 7 saturated heterocycles. The van der Waals surface area contributed by atoms with E-state index in [2.05, 4.69) is 26.1 Å². The Morgan fingerprint density at radius 2 is 1.11 bits per heavy atom. The summed E-state index contributed by atoms with van der Waals surface area (Å²) >= 11 is 0. The Bertz CT molecular complexity index is 2330. The summed E-state index contributed by atoms with van der Waals surface area (Å²) in [6.45, 7) is 5.16. The van der Waals surface area contributed by atoms with Crippen LogP contribution in [0.3, 0.4) is 0 Å². The highest BCUT2D eigenvalue weighted by Crippen LogP contribution is 2.71. The van der Waals surface area contributed by atoms with Crippen molar-refractivity contribution in [1.82, 2.24) is 5.32 Å². The minimum absolute atomic E-state index is 0.0503. The molecule has 0 aromatic heterocycles. The number of nitrogens with one attached hydrogen (secondary N) is 1. The fourth-order valence-electron chi connectivity index (χ4n) is 18.0. The van der Waals surface area contributed by atoms with Crippen molar-refractivity contribution in [3.05, 3.63) is 0 Å². The minimum atomic E-state index is -2.03. The van der Waals surface area contributed by atoms with Crippen molar-refractivity contribution in [2.75, 3.05) is 46.2 Å². The zero-order chi connectivity index (χ0) is 63.2. The molecule has 11 aliphatic rings. The van der Waals surface area contributed by atoms with E-state index in [0.717, 1.165) is 38.5 Å². The van der Waals surface area contributed by atoms with E-state index in [-0.39, 0.29) is 47.2 Å². The fourth-order valence-corrected chi connectivity index (χ4v) is 18.0.